The van der Waals surface area contributed by atoms with Crippen molar-refractivity contribution in [3.8, 4) is 11.5 Å². The molecule has 0 unspecified atom stereocenters. The summed E-state index contributed by atoms with van der Waals surface area (Å²) in [6.07, 6.45) is 1.40. The van der Waals surface area contributed by atoms with Gasteiger partial charge in [0.25, 0.3) is 0 Å². The van der Waals surface area contributed by atoms with Crippen LogP contribution in [0.1, 0.15) is 22.4 Å². The van der Waals surface area contributed by atoms with E-state index in [1.165, 1.54) is 10.4 Å². The average Bonchev–Trinajstić information content (AvgIpc) is 3.23. The van der Waals surface area contributed by atoms with Crippen molar-refractivity contribution >= 4 is 47.2 Å². The van der Waals surface area contributed by atoms with E-state index in [-0.39, 0.29) is 29.9 Å². The van der Waals surface area contributed by atoms with Gasteiger partial charge in [0, 0.05) is 44.5 Å². The standard InChI is InChI=1S/C21H28N4O3S.HI/c1-22-21(24-13-15-4-5-17(27-2)18(12-15)28-3)23-9-6-20(26)25-10-7-19-16(14-25)8-11-29-19;/h4-5,8,11-12H,6-7,9-10,13-14H2,1-3H3,(H2,22,23,24);1H. The Kier molecular flexibility index (Phi) is 9.70. The third kappa shape index (κ3) is 6.24. The monoisotopic (exact) mass is 544 g/mol. The van der Waals surface area contributed by atoms with Gasteiger partial charge < -0.3 is 25.0 Å². The normalized spacial score (nSPS) is 13.2. The van der Waals surface area contributed by atoms with Gasteiger partial charge in [-0.3, -0.25) is 9.79 Å². The Labute approximate surface area is 198 Å². The van der Waals surface area contributed by atoms with Crippen molar-refractivity contribution in [2.75, 3.05) is 34.4 Å². The number of halogens is 1. The van der Waals surface area contributed by atoms with E-state index in [2.05, 4.69) is 27.1 Å². The number of carbonyl (C=O) groups excluding carboxylic acids is 1. The quantitative estimate of drug-likeness (QED) is 0.319. The zero-order valence-corrected chi connectivity index (χ0v) is 20.7. The van der Waals surface area contributed by atoms with E-state index >= 15 is 0 Å². The number of ether oxygens (including phenoxy) is 2. The molecule has 1 aromatic heterocycles. The Morgan fingerprint density at radius 1 is 1.20 bits per heavy atom. The number of guanidine groups is 1. The molecule has 0 atom stereocenters. The maximum absolute atomic E-state index is 12.5. The minimum Gasteiger partial charge on any atom is -0.493 e. The predicted octanol–water partition coefficient (Wildman–Crippen LogP) is 3.02. The number of nitrogens with zero attached hydrogens (tertiary/aromatic N) is 2. The SMILES string of the molecule is CN=C(NCCC(=O)N1CCc2sccc2C1)NCc1ccc(OC)c(OC)c1.I. The molecule has 0 aliphatic carbocycles. The first-order valence-electron chi connectivity index (χ1n) is 9.63. The summed E-state index contributed by atoms with van der Waals surface area (Å²) in [7, 11) is 4.95. The molecular weight excluding hydrogens is 515 g/mol. The van der Waals surface area contributed by atoms with Gasteiger partial charge in [-0.1, -0.05) is 6.07 Å². The van der Waals surface area contributed by atoms with E-state index in [1.54, 1.807) is 32.6 Å². The molecule has 1 aromatic carbocycles. The minimum absolute atomic E-state index is 0. The van der Waals surface area contributed by atoms with Gasteiger partial charge >= 0.3 is 0 Å². The Balaban J connectivity index is 0.00000320. The number of carbonyl (C=O) groups is 1. The number of fused-ring (bicyclic) bond motifs is 1. The number of rotatable bonds is 7. The first-order chi connectivity index (χ1) is 14.1. The maximum Gasteiger partial charge on any atom is 0.224 e. The van der Waals surface area contributed by atoms with Crippen molar-refractivity contribution in [1.29, 1.82) is 0 Å². The molecule has 7 nitrogen and oxygen atoms in total. The second-order valence-corrected chi connectivity index (χ2v) is 7.73. The van der Waals surface area contributed by atoms with Gasteiger partial charge in [0.2, 0.25) is 5.91 Å². The molecule has 0 radical (unpaired) electrons. The highest BCUT2D eigenvalue weighted by molar-refractivity contribution is 14.0. The van der Waals surface area contributed by atoms with Gasteiger partial charge in [0.05, 0.1) is 14.2 Å². The lowest BCUT2D eigenvalue weighted by Gasteiger charge is -2.27. The fourth-order valence-corrected chi connectivity index (χ4v) is 4.19. The molecule has 1 aliphatic heterocycles. The van der Waals surface area contributed by atoms with Gasteiger partial charge in [0.15, 0.2) is 17.5 Å². The summed E-state index contributed by atoms with van der Waals surface area (Å²) in [5.41, 5.74) is 2.33. The van der Waals surface area contributed by atoms with Crippen molar-refractivity contribution < 1.29 is 14.3 Å². The fourth-order valence-electron chi connectivity index (χ4n) is 3.30. The number of methoxy groups -OCH3 is 2. The van der Waals surface area contributed by atoms with Crippen molar-refractivity contribution in [3.05, 3.63) is 45.6 Å². The number of aliphatic imine (C=N–C) groups is 1. The highest BCUT2D eigenvalue weighted by Crippen LogP contribution is 2.27. The molecule has 164 valence electrons. The summed E-state index contributed by atoms with van der Waals surface area (Å²) in [5.74, 6) is 2.22. The average molecular weight is 544 g/mol. The number of thiophene rings is 1. The summed E-state index contributed by atoms with van der Waals surface area (Å²) < 4.78 is 10.6. The van der Waals surface area contributed by atoms with Gasteiger partial charge in [-0.2, -0.15) is 0 Å². The molecule has 1 aliphatic rings. The lowest BCUT2D eigenvalue weighted by molar-refractivity contribution is -0.131. The zero-order chi connectivity index (χ0) is 20.6. The van der Waals surface area contributed by atoms with Crippen LogP contribution < -0.4 is 20.1 Å². The highest BCUT2D eigenvalue weighted by atomic mass is 127. The van der Waals surface area contributed by atoms with E-state index < -0.39 is 0 Å². The van der Waals surface area contributed by atoms with Gasteiger partial charge in [-0.15, -0.1) is 35.3 Å². The molecule has 30 heavy (non-hydrogen) atoms. The molecule has 2 aromatic rings. The molecule has 0 spiro atoms. The van der Waals surface area contributed by atoms with Gasteiger partial charge in [0.1, 0.15) is 0 Å². The topological polar surface area (TPSA) is 75.2 Å². The number of amides is 1. The molecule has 2 heterocycles. The second kappa shape index (κ2) is 12.0. The molecule has 2 N–H and O–H groups in total. The van der Waals surface area contributed by atoms with Crippen LogP contribution in [-0.4, -0.2) is 51.1 Å². The summed E-state index contributed by atoms with van der Waals surface area (Å²) in [6, 6.07) is 7.90. The lowest BCUT2D eigenvalue weighted by Crippen LogP contribution is -2.40. The molecule has 1 amide bonds. The summed E-state index contributed by atoms with van der Waals surface area (Å²) in [4.78, 5) is 20.1. The van der Waals surface area contributed by atoms with Crippen LogP contribution in [0.25, 0.3) is 0 Å². The van der Waals surface area contributed by atoms with Crippen molar-refractivity contribution in [2.45, 2.75) is 25.9 Å². The Bertz CT molecular complexity index is 872. The molecular formula is C21H29IN4O3S. The summed E-state index contributed by atoms with van der Waals surface area (Å²) in [5, 5.41) is 8.57. The van der Waals surface area contributed by atoms with Crippen LogP contribution in [0.4, 0.5) is 0 Å². The lowest BCUT2D eigenvalue weighted by atomic mass is 10.1. The number of benzene rings is 1. The maximum atomic E-state index is 12.5. The second-order valence-electron chi connectivity index (χ2n) is 6.73. The van der Waals surface area contributed by atoms with Crippen molar-refractivity contribution in [1.82, 2.24) is 15.5 Å². The Hall–Kier alpha value is -2.01. The third-order valence-electron chi connectivity index (χ3n) is 4.92. The summed E-state index contributed by atoms with van der Waals surface area (Å²) >= 11 is 1.78. The Morgan fingerprint density at radius 3 is 2.73 bits per heavy atom. The van der Waals surface area contributed by atoms with Crippen molar-refractivity contribution in [2.24, 2.45) is 4.99 Å². The van der Waals surface area contributed by atoms with Crippen LogP contribution in [-0.2, 0) is 24.3 Å². The number of hydrogen-bond acceptors (Lipinski definition) is 5. The smallest absolute Gasteiger partial charge is 0.224 e. The summed E-state index contributed by atoms with van der Waals surface area (Å²) in [6.45, 7) is 2.65. The van der Waals surface area contributed by atoms with E-state index in [0.717, 1.165) is 25.1 Å². The minimum atomic E-state index is 0. The van der Waals surface area contributed by atoms with E-state index in [0.29, 0.717) is 37.0 Å². The van der Waals surface area contributed by atoms with E-state index in [4.69, 9.17) is 9.47 Å². The van der Waals surface area contributed by atoms with Crippen LogP contribution in [0.3, 0.4) is 0 Å². The van der Waals surface area contributed by atoms with E-state index in [9.17, 15) is 4.79 Å². The molecule has 0 saturated carbocycles. The zero-order valence-electron chi connectivity index (χ0n) is 17.6. The third-order valence-corrected chi connectivity index (χ3v) is 5.95. The van der Waals surface area contributed by atoms with Gasteiger partial charge in [-0.25, -0.2) is 0 Å². The molecule has 0 saturated heterocycles. The number of nitrogens with one attached hydrogen (secondary N) is 2. The van der Waals surface area contributed by atoms with E-state index in [1.807, 2.05) is 23.1 Å². The highest BCUT2D eigenvalue weighted by Gasteiger charge is 2.21. The first-order valence-corrected chi connectivity index (χ1v) is 10.5. The predicted molar refractivity (Wildman–Crippen MR) is 131 cm³/mol. The van der Waals surface area contributed by atoms with Crippen LogP contribution in [0, 0.1) is 0 Å². The molecule has 9 heteroatoms. The van der Waals surface area contributed by atoms with Crippen LogP contribution >= 0.6 is 35.3 Å². The van der Waals surface area contributed by atoms with Crippen LogP contribution in [0.2, 0.25) is 0 Å². The number of hydrogen-bond donors (Lipinski definition) is 2. The van der Waals surface area contributed by atoms with Gasteiger partial charge in [-0.05, 0) is 41.1 Å². The fraction of sp³-hybridized carbons (Fsp3) is 0.429. The van der Waals surface area contributed by atoms with Crippen LogP contribution in [0.5, 0.6) is 11.5 Å². The first kappa shape index (κ1) is 24.3. The van der Waals surface area contributed by atoms with Crippen molar-refractivity contribution in [3.63, 3.8) is 0 Å². The van der Waals surface area contributed by atoms with Crippen LogP contribution in [0.15, 0.2) is 34.6 Å². The molecule has 0 bridgehead atoms. The molecule has 0 fully saturated rings. The Morgan fingerprint density at radius 2 is 2.00 bits per heavy atom. The molecule has 3 rings (SSSR count). The largest absolute Gasteiger partial charge is 0.493 e.